The molecule has 1 aromatic carbocycles. The van der Waals surface area contributed by atoms with E-state index in [2.05, 4.69) is 12.2 Å². The van der Waals surface area contributed by atoms with Crippen LogP contribution in [0.3, 0.4) is 0 Å². The third-order valence-corrected chi connectivity index (χ3v) is 7.77. The molecule has 1 N–H and O–H groups in total. The predicted octanol–water partition coefficient (Wildman–Crippen LogP) is 7.57. The Morgan fingerprint density at radius 1 is 1.16 bits per heavy atom. The second kappa shape index (κ2) is 9.53. The number of aromatic nitrogens is 2. The van der Waals surface area contributed by atoms with Gasteiger partial charge in [0.25, 0.3) is 5.91 Å². The molecule has 2 aromatic heterocycles. The van der Waals surface area contributed by atoms with E-state index in [1.54, 1.807) is 16.8 Å². The van der Waals surface area contributed by atoms with Gasteiger partial charge in [0, 0.05) is 16.6 Å². The first-order chi connectivity index (χ1) is 14.8. The van der Waals surface area contributed by atoms with E-state index in [0.29, 0.717) is 31.7 Å². The second-order valence-corrected chi connectivity index (χ2v) is 10.7. The summed E-state index contributed by atoms with van der Waals surface area (Å²) in [5, 5.41) is 8.88. The largest absolute Gasteiger partial charge is 0.348 e. The van der Waals surface area contributed by atoms with Crippen molar-refractivity contribution < 1.29 is 4.79 Å². The maximum atomic E-state index is 13.2. The summed E-state index contributed by atoms with van der Waals surface area (Å²) < 4.78 is 2.39. The maximum absolute atomic E-state index is 13.2. The van der Waals surface area contributed by atoms with Crippen molar-refractivity contribution in [2.75, 3.05) is 0 Å². The van der Waals surface area contributed by atoms with Crippen molar-refractivity contribution in [3.05, 3.63) is 56.0 Å². The lowest BCUT2D eigenvalue weighted by atomic mass is 9.84. The van der Waals surface area contributed by atoms with Gasteiger partial charge in [-0.1, -0.05) is 54.1 Å². The zero-order valence-corrected chi connectivity index (χ0v) is 20.5. The summed E-state index contributed by atoms with van der Waals surface area (Å²) in [7, 11) is 0. The molecular formula is C23H24Cl3N3OS. The molecule has 1 aliphatic rings. The Hall–Kier alpha value is -1.53. The lowest BCUT2D eigenvalue weighted by molar-refractivity contribution is 0.0913. The third kappa shape index (κ3) is 4.80. The number of benzene rings is 1. The molecule has 1 saturated carbocycles. The van der Waals surface area contributed by atoms with E-state index in [9.17, 15) is 4.79 Å². The Balaban J connectivity index is 1.73. The number of carbonyl (C=O) groups is 1. The summed E-state index contributed by atoms with van der Waals surface area (Å²) in [6.45, 7) is 4.01. The van der Waals surface area contributed by atoms with Crippen LogP contribution in [0.5, 0.6) is 0 Å². The van der Waals surface area contributed by atoms with E-state index in [4.69, 9.17) is 39.9 Å². The van der Waals surface area contributed by atoms with Crippen LogP contribution in [0.1, 0.15) is 55.1 Å². The molecule has 0 saturated heterocycles. The molecule has 31 heavy (non-hydrogen) atoms. The van der Waals surface area contributed by atoms with Crippen LogP contribution in [0.15, 0.2) is 30.3 Å². The van der Waals surface area contributed by atoms with E-state index >= 15 is 0 Å². The van der Waals surface area contributed by atoms with Gasteiger partial charge < -0.3 is 5.32 Å². The molecule has 1 atom stereocenters. The molecule has 3 aromatic rings. The van der Waals surface area contributed by atoms with Gasteiger partial charge in [0.2, 0.25) is 0 Å². The Morgan fingerprint density at radius 2 is 1.90 bits per heavy atom. The smallest absolute Gasteiger partial charge is 0.272 e. The van der Waals surface area contributed by atoms with Gasteiger partial charge in [-0.2, -0.15) is 5.10 Å². The van der Waals surface area contributed by atoms with Crippen molar-refractivity contribution >= 4 is 52.0 Å². The van der Waals surface area contributed by atoms with E-state index < -0.39 is 0 Å². The highest BCUT2D eigenvalue weighted by molar-refractivity contribution is 7.19. The van der Waals surface area contributed by atoms with Gasteiger partial charge in [-0.3, -0.25) is 4.79 Å². The van der Waals surface area contributed by atoms with E-state index in [-0.39, 0.29) is 11.9 Å². The number of hydrogen-bond acceptors (Lipinski definition) is 3. The number of nitrogens with one attached hydrogen (secondary N) is 1. The summed E-state index contributed by atoms with van der Waals surface area (Å²) in [6, 6.07) is 9.12. The topological polar surface area (TPSA) is 46.9 Å². The maximum Gasteiger partial charge on any atom is 0.272 e. The molecule has 1 fully saturated rings. The lowest BCUT2D eigenvalue weighted by Crippen LogP contribution is -2.39. The average molecular weight is 497 g/mol. The first-order valence-electron chi connectivity index (χ1n) is 10.5. The molecule has 0 spiro atoms. The van der Waals surface area contributed by atoms with Crippen LogP contribution < -0.4 is 5.32 Å². The minimum Gasteiger partial charge on any atom is -0.348 e. The van der Waals surface area contributed by atoms with Crippen LogP contribution in [-0.2, 0) is 0 Å². The van der Waals surface area contributed by atoms with Crippen LogP contribution in [-0.4, -0.2) is 21.7 Å². The van der Waals surface area contributed by atoms with E-state index in [1.165, 1.54) is 30.6 Å². The van der Waals surface area contributed by atoms with Crippen molar-refractivity contribution in [2.45, 2.75) is 52.0 Å². The molecule has 4 rings (SSSR count). The molecule has 0 bridgehead atoms. The van der Waals surface area contributed by atoms with E-state index in [0.717, 1.165) is 29.0 Å². The van der Waals surface area contributed by atoms with Crippen LogP contribution in [0.4, 0.5) is 0 Å². The zero-order valence-electron chi connectivity index (χ0n) is 17.4. The van der Waals surface area contributed by atoms with Crippen molar-refractivity contribution in [2.24, 2.45) is 5.92 Å². The minimum absolute atomic E-state index is 0.108. The van der Waals surface area contributed by atoms with Crippen LogP contribution >= 0.6 is 46.1 Å². The van der Waals surface area contributed by atoms with Gasteiger partial charge in [0.15, 0.2) is 5.69 Å². The average Bonchev–Trinajstić information content (AvgIpc) is 3.31. The van der Waals surface area contributed by atoms with Crippen molar-refractivity contribution in [3.63, 3.8) is 0 Å². The first kappa shape index (κ1) is 22.7. The van der Waals surface area contributed by atoms with Crippen molar-refractivity contribution in [1.29, 1.82) is 0 Å². The zero-order chi connectivity index (χ0) is 22.1. The summed E-state index contributed by atoms with van der Waals surface area (Å²) in [6.07, 6.45) is 6.07. The minimum atomic E-state index is -0.164. The Kier molecular flexibility index (Phi) is 6.97. The molecular weight excluding hydrogens is 473 g/mol. The molecule has 0 aliphatic heterocycles. The van der Waals surface area contributed by atoms with Gasteiger partial charge in [-0.15, -0.1) is 11.3 Å². The van der Waals surface area contributed by atoms with Crippen LogP contribution in [0, 0.1) is 12.8 Å². The number of thiophene rings is 1. The molecule has 164 valence electrons. The van der Waals surface area contributed by atoms with E-state index in [1.807, 2.05) is 25.1 Å². The summed E-state index contributed by atoms with van der Waals surface area (Å²) >= 11 is 20.2. The van der Waals surface area contributed by atoms with Crippen molar-refractivity contribution in [3.8, 4) is 16.3 Å². The van der Waals surface area contributed by atoms with Gasteiger partial charge in [0.05, 0.1) is 25.6 Å². The third-order valence-electron chi connectivity index (χ3n) is 6.00. The highest BCUT2D eigenvalue weighted by Gasteiger charge is 2.27. The fourth-order valence-corrected chi connectivity index (χ4v) is 5.92. The second-order valence-electron chi connectivity index (χ2n) is 8.09. The molecule has 1 aliphatic carbocycles. The normalized spacial score (nSPS) is 15.8. The predicted molar refractivity (Wildman–Crippen MR) is 130 cm³/mol. The SMILES string of the molecule is Cc1c(C(=O)N[C@@H](C)C2CCCCC2)nn(-c2ccc(Cl)cc2Cl)c1-c1ccc(Cl)s1. The Morgan fingerprint density at radius 3 is 2.55 bits per heavy atom. The number of hydrogen-bond donors (Lipinski definition) is 1. The number of carbonyl (C=O) groups excluding carboxylic acids is 1. The number of nitrogens with zero attached hydrogens (tertiary/aromatic N) is 2. The lowest BCUT2D eigenvalue weighted by Gasteiger charge is -2.28. The van der Waals surface area contributed by atoms with Gasteiger partial charge >= 0.3 is 0 Å². The number of amides is 1. The fourth-order valence-electron chi connectivity index (χ4n) is 4.30. The van der Waals surface area contributed by atoms with Gasteiger partial charge in [-0.05, 0) is 62.9 Å². The highest BCUT2D eigenvalue weighted by atomic mass is 35.5. The van der Waals surface area contributed by atoms with Crippen LogP contribution in [0.2, 0.25) is 14.4 Å². The van der Waals surface area contributed by atoms with Gasteiger partial charge in [-0.25, -0.2) is 4.68 Å². The summed E-state index contributed by atoms with van der Waals surface area (Å²) in [4.78, 5) is 14.1. The molecule has 1 amide bonds. The standard InChI is InChI=1S/C23H24Cl3N3OS/c1-13-21(23(30)27-14(2)15-6-4-3-5-7-15)28-29(18-9-8-16(24)12-17(18)25)22(13)19-10-11-20(26)31-19/h8-12,14-15H,3-7H2,1-2H3,(H,27,30)/t14-/m0/s1. The molecule has 0 unspecified atom stereocenters. The highest BCUT2D eigenvalue weighted by Crippen LogP contribution is 2.37. The van der Waals surface area contributed by atoms with Crippen LogP contribution in [0.25, 0.3) is 16.3 Å². The fraction of sp³-hybridized carbons (Fsp3) is 0.391. The first-order valence-corrected chi connectivity index (χ1v) is 12.4. The Bertz CT molecular complexity index is 1100. The molecule has 4 nitrogen and oxygen atoms in total. The molecule has 2 heterocycles. The Labute approximate surface area is 201 Å². The quantitative estimate of drug-likeness (QED) is 0.396. The molecule has 0 radical (unpaired) electrons. The van der Waals surface area contributed by atoms with Crippen molar-refractivity contribution in [1.82, 2.24) is 15.1 Å². The molecule has 8 heteroatoms. The summed E-state index contributed by atoms with van der Waals surface area (Å²) in [5.41, 5.74) is 2.65. The monoisotopic (exact) mass is 495 g/mol. The number of rotatable bonds is 5. The van der Waals surface area contributed by atoms with Gasteiger partial charge in [0.1, 0.15) is 0 Å². The summed E-state index contributed by atoms with van der Waals surface area (Å²) in [5.74, 6) is 0.352. The number of halogens is 3.